The van der Waals surface area contributed by atoms with Gasteiger partial charge in [-0.2, -0.15) is 0 Å². The summed E-state index contributed by atoms with van der Waals surface area (Å²) in [6.45, 7) is 5.05. The molecule has 0 saturated heterocycles. The van der Waals surface area contributed by atoms with Gasteiger partial charge in [0.2, 0.25) is 0 Å². The van der Waals surface area contributed by atoms with Gasteiger partial charge in [-0.3, -0.25) is 0 Å². The first-order valence-electron chi connectivity index (χ1n) is 7.07. The smallest absolute Gasteiger partial charge is 0.134 e. The molecule has 4 heteroatoms. The lowest BCUT2D eigenvalue weighted by Gasteiger charge is -2.22. The fraction of sp³-hybridized carbons (Fsp3) is 0.714. The van der Waals surface area contributed by atoms with E-state index in [4.69, 9.17) is 5.73 Å². The van der Waals surface area contributed by atoms with E-state index < -0.39 is 0 Å². The first-order valence-corrected chi connectivity index (χ1v) is 7.07. The average molecular weight is 248 g/mol. The van der Waals surface area contributed by atoms with Crippen LogP contribution in [-0.4, -0.2) is 16.5 Å². The molecule has 0 unspecified atom stereocenters. The van der Waals surface area contributed by atoms with Crippen LogP contribution in [0.25, 0.3) is 0 Å². The highest BCUT2D eigenvalue weighted by atomic mass is 15.1. The zero-order valence-corrected chi connectivity index (χ0v) is 11.5. The van der Waals surface area contributed by atoms with E-state index in [-0.39, 0.29) is 0 Å². The van der Waals surface area contributed by atoms with Crippen LogP contribution in [-0.2, 0) is 6.42 Å². The van der Waals surface area contributed by atoms with Crippen molar-refractivity contribution in [1.82, 2.24) is 9.97 Å². The largest absolute Gasteiger partial charge is 0.383 e. The Hall–Kier alpha value is -1.32. The predicted molar refractivity (Wildman–Crippen MR) is 75.6 cm³/mol. The molecule has 0 spiro atoms. The molecule has 3 N–H and O–H groups in total. The highest BCUT2D eigenvalue weighted by Crippen LogP contribution is 2.25. The molecule has 100 valence electrons. The summed E-state index contributed by atoms with van der Waals surface area (Å²) in [6, 6.07) is 0. The Morgan fingerprint density at radius 1 is 1.22 bits per heavy atom. The molecule has 1 heterocycles. The van der Waals surface area contributed by atoms with Crippen LogP contribution in [0.2, 0.25) is 0 Å². The number of hydrogen-bond acceptors (Lipinski definition) is 4. The van der Waals surface area contributed by atoms with Crippen molar-refractivity contribution in [2.24, 2.45) is 5.92 Å². The predicted octanol–water partition coefficient (Wildman–Crippen LogP) is 2.92. The number of rotatable bonds is 4. The van der Waals surface area contributed by atoms with Crippen LogP contribution in [0.3, 0.4) is 0 Å². The molecule has 0 aromatic carbocycles. The van der Waals surface area contributed by atoms with Gasteiger partial charge in [0.05, 0.1) is 0 Å². The quantitative estimate of drug-likeness (QED) is 0.860. The number of nitrogens with zero attached hydrogens (tertiary/aromatic N) is 2. The van der Waals surface area contributed by atoms with E-state index in [1.54, 1.807) is 0 Å². The summed E-state index contributed by atoms with van der Waals surface area (Å²) < 4.78 is 0. The molecule has 1 aromatic rings. The number of anilines is 2. The number of nitrogens with two attached hydrogens (primary N) is 1. The lowest BCUT2D eigenvalue weighted by atomic mass is 9.89. The number of hydrogen-bond donors (Lipinski definition) is 2. The summed E-state index contributed by atoms with van der Waals surface area (Å²) in [5, 5.41) is 3.47. The first kappa shape index (κ1) is 13.1. The molecule has 0 aliphatic heterocycles. The molecule has 0 atom stereocenters. The van der Waals surface area contributed by atoms with Crippen molar-refractivity contribution in [3.05, 3.63) is 11.4 Å². The molecule has 1 aliphatic carbocycles. The topological polar surface area (TPSA) is 63.8 Å². The maximum absolute atomic E-state index is 5.91. The summed E-state index contributed by atoms with van der Waals surface area (Å²) in [5.74, 6) is 3.14. The first-order chi connectivity index (χ1) is 8.70. The minimum Gasteiger partial charge on any atom is -0.383 e. The lowest BCUT2D eigenvalue weighted by molar-refractivity contribution is 0.373. The van der Waals surface area contributed by atoms with Gasteiger partial charge < -0.3 is 11.1 Å². The van der Waals surface area contributed by atoms with Crippen molar-refractivity contribution < 1.29 is 0 Å². The van der Waals surface area contributed by atoms with Crippen LogP contribution in [0.1, 0.15) is 50.4 Å². The van der Waals surface area contributed by atoms with Crippen LogP contribution in [0.15, 0.2) is 0 Å². The van der Waals surface area contributed by atoms with Gasteiger partial charge in [-0.05, 0) is 25.7 Å². The molecule has 0 bridgehead atoms. The van der Waals surface area contributed by atoms with Gasteiger partial charge in [0.25, 0.3) is 0 Å². The highest BCUT2D eigenvalue weighted by Gasteiger charge is 2.14. The second-order valence-electron chi connectivity index (χ2n) is 5.24. The van der Waals surface area contributed by atoms with Crippen molar-refractivity contribution in [2.75, 3.05) is 17.6 Å². The maximum atomic E-state index is 5.91. The van der Waals surface area contributed by atoms with Crippen LogP contribution in [0.5, 0.6) is 0 Å². The Bertz CT molecular complexity index is 397. The molecule has 1 aromatic heterocycles. The third kappa shape index (κ3) is 3.12. The molecule has 1 fully saturated rings. The van der Waals surface area contributed by atoms with Crippen LogP contribution < -0.4 is 11.1 Å². The monoisotopic (exact) mass is 248 g/mol. The minimum atomic E-state index is 0.605. The second-order valence-corrected chi connectivity index (χ2v) is 5.24. The minimum absolute atomic E-state index is 0.605. The molecule has 1 saturated carbocycles. The summed E-state index contributed by atoms with van der Waals surface area (Å²) in [7, 11) is 0. The van der Waals surface area contributed by atoms with Gasteiger partial charge in [0, 0.05) is 18.5 Å². The summed E-state index contributed by atoms with van der Waals surface area (Å²) in [6.07, 6.45) is 7.65. The van der Waals surface area contributed by atoms with Gasteiger partial charge in [-0.15, -0.1) is 0 Å². The van der Waals surface area contributed by atoms with Gasteiger partial charge in [0.1, 0.15) is 17.5 Å². The van der Waals surface area contributed by atoms with Crippen LogP contribution in [0.4, 0.5) is 11.6 Å². The summed E-state index contributed by atoms with van der Waals surface area (Å²) in [5.41, 5.74) is 6.89. The van der Waals surface area contributed by atoms with Crippen molar-refractivity contribution >= 4 is 11.6 Å². The van der Waals surface area contributed by atoms with Gasteiger partial charge in [-0.1, -0.05) is 26.2 Å². The third-order valence-corrected chi connectivity index (χ3v) is 3.83. The fourth-order valence-corrected chi connectivity index (χ4v) is 2.54. The molecule has 2 rings (SSSR count). The van der Waals surface area contributed by atoms with Crippen molar-refractivity contribution in [1.29, 1.82) is 0 Å². The van der Waals surface area contributed by atoms with E-state index in [0.29, 0.717) is 5.82 Å². The average Bonchev–Trinajstić information content (AvgIpc) is 2.41. The van der Waals surface area contributed by atoms with Crippen molar-refractivity contribution in [3.8, 4) is 0 Å². The van der Waals surface area contributed by atoms with Gasteiger partial charge >= 0.3 is 0 Å². The van der Waals surface area contributed by atoms with E-state index >= 15 is 0 Å². The Kier molecular flexibility index (Phi) is 4.39. The standard InChI is InChI=1S/C14H24N4/c1-3-12-17-13(15)10(2)14(18-12)16-9-11-7-5-4-6-8-11/h11H,3-9H2,1-2H3,(H3,15,16,17,18). The zero-order valence-electron chi connectivity index (χ0n) is 11.5. The van der Waals surface area contributed by atoms with Crippen molar-refractivity contribution in [3.63, 3.8) is 0 Å². The number of nitrogen functional groups attached to an aromatic ring is 1. The second kappa shape index (κ2) is 6.03. The Labute approximate surface area is 109 Å². The zero-order chi connectivity index (χ0) is 13.0. The number of aryl methyl sites for hydroxylation is 1. The molecule has 4 nitrogen and oxygen atoms in total. The van der Waals surface area contributed by atoms with Crippen LogP contribution >= 0.6 is 0 Å². The molecular weight excluding hydrogens is 224 g/mol. The Morgan fingerprint density at radius 3 is 2.61 bits per heavy atom. The van der Waals surface area contributed by atoms with E-state index in [2.05, 4.69) is 22.2 Å². The molecule has 1 aliphatic rings. The SMILES string of the molecule is CCc1nc(N)c(C)c(NCC2CCCCC2)n1. The molecular formula is C14H24N4. The Morgan fingerprint density at radius 2 is 1.94 bits per heavy atom. The number of aromatic nitrogens is 2. The molecule has 0 radical (unpaired) electrons. The highest BCUT2D eigenvalue weighted by molar-refractivity contribution is 5.54. The van der Waals surface area contributed by atoms with Gasteiger partial charge in [0.15, 0.2) is 0 Å². The molecule has 0 amide bonds. The number of nitrogens with one attached hydrogen (secondary N) is 1. The van der Waals surface area contributed by atoms with E-state index in [9.17, 15) is 0 Å². The normalized spacial score (nSPS) is 16.8. The molecule has 18 heavy (non-hydrogen) atoms. The van der Waals surface area contributed by atoms with E-state index in [0.717, 1.165) is 36.1 Å². The van der Waals surface area contributed by atoms with E-state index in [1.165, 1.54) is 32.1 Å². The van der Waals surface area contributed by atoms with E-state index in [1.807, 2.05) is 6.92 Å². The Balaban J connectivity index is 2.01. The summed E-state index contributed by atoms with van der Waals surface area (Å²) >= 11 is 0. The third-order valence-electron chi connectivity index (χ3n) is 3.83. The van der Waals surface area contributed by atoms with Gasteiger partial charge in [-0.25, -0.2) is 9.97 Å². The van der Waals surface area contributed by atoms with Crippen LogP contribution in [0, 0.1) is 12.8 Å². The fourth-order valence-electron chi connectivity index (χ4n) is 2.54. The summed E-state index contributed by atoms with van der Waals surface area (Å²) in [4.78, 5) is 8.81. The van der Waals surface area contributed by atoms with Crippen molar-refractivity contribution in [2.45, 2.75) is 52.4 Å². The maximum Gasteiger partial charge on any atom is 0.134 e. The lowest BCUT2D eigenvalue weighted by Crippen LogP contribution is -2.19.